The molecule has 0 radical (unpaired) electrons. The summed E-state index contributed by atoms with van der Waals surface area (Å²) in [6.45, 7) is 3.92. The number of hydrogen-bond donors (Lipinski definition) is 5. The molecule has 1 saturated carbocycles. The second-order valence-electron chi connectivity index (χ2n) is 8.27. The van der Waals surface area contributed by atoms with Gasteiger partial charge in [0.15, 0.2) is 0 Å². The number of nitrogens with zero attached hydrogens (tertiary/aromatic N) is 3. The molecule has 35 heavy (non-hydrogen) atoms. The molecule has 1 aromatic carbocycles. The zero-order valence-corrected chi connectivity index (χ0v) is 20.3. The number of rotatable bonds is 16. The molecule has 192 valence electrons. The molecular formula is C24H38N8O3. The van der Waals surface area contributed by atoms with Crippen molar-refractivity contribution in [3.8, 4) is 0 Å². The number of aromatic nitrogens is 3. The third-order valence-corrected chi connectivity index (χ3v) is 5.47. The molecule has 0 atom stereocenters. The molecule has 1 aliphatic carbocycles. The van der Waals surface area contributed by atoms with Crippen molar-refractivity contribution in [3.05, 3.63) is 35.9 Å². The van der Waals surface area contributed by atoms with Crippen LogP contribution in [0.25, 0.3) is 0 Å². The summed E-state index contributed by atoms with van der Waals surface area (Å²) in [7, 11) is 0. The van der Waals surface area contributed by atoms with E-state index in [0.29, 0.717) is 82.1 Å². The number of nitrogens with one attached hydrogen (secondary N) is 4. The predicted molar refractivity (Wildman–Crippen MR) is 137 cm³/mol. The Labute approximate surface area is 207 Å². The minimum atomic E-state index is -0.103. The lowest BCUT2D eigenvalue weighted by atomic mass is 9.96. The van der Waals surface area contributed by atoms with Crippen molar-refractivity contribution in [2.24, 2.45) is 5.73 Å². The van der Waals surface area contributed by atoms with Crippen LogP contribution in [0.2, 0.25) is 0 Å². The van der Waals surface area contributed by atoms with E-state index in [4.69, 9.17) is 15.2 Å². The fraction of sp³-hybridized carbons (Fsp3) is 0.583. The fourth-order valence-electron chi connectivity index (χ4n) is 3.70. The van der Waals surface area contributed by atoms with Gasteiger partial charge in [0.05, 0.1) is 26.4 Å². The standard InChI is InChI=1S/C24H38N8O3/c25-11-12-27-22-30-23(32-24(31-22)29-20-9-5-2-6-10-20)28-14-16-35-18-17-34-15-13-26-21(33)19-7-3-1-4-8-19/h1,3-4,7-8,20H,2,5-6,9-18,25H2,(H,26,33)(H3,27,28,29,30,31,32). The van der Waals surface area contributed by atoms with Gasteiger partial charge in [-0.05, 0) is 25.0 Å². The van der Waals surface area contributed by atoms with Crippen molar-refractivity contribution in [2.45, 2.75) is 38.1 Å². The first kappa shape index (κ1) is 26.6. The Morgan fingerprint density at radius 3 is 2.14 bits per heavy atom. The predicted octanol–water partition coefficient (Wildman–Crippen LogP) is 1.86. The van der Waals surface area contributed by atoms with Gasteiger partial charge in [-0.25, -0.2) is 0 Å². The normalized spacial score (nSPS) is 13.9. The molecule has 1 aliphatic rings. The van der Waals surface area contributed by atoms with E-state index >= 15 is 0 Å². The lowest BCUT2D eigenvalue weighted by Crippen LogP contribution is -2.27. The van der Waals surface area contributed by atoms with Gasteiger partial charge in [-0.2, -0.15) is 15.0 Å². The Bertz CT molecular complexity index is 865. The monoisotopic (exact) mass is 486 g/mol. The Morgan fingerprint density at radius 2 is 1.46 bits per heavy atom. The van der Waals surface area contributed by atoms with E-state index in [2.05, 4.69) is 36.2 Å². The number of carbonyl (C=O) groups excluding carboxylic acids is 1. The van der Waals surface area contributed by atoms with Crippen molar-refractivity contribution >= 4 is 23.8 Å². The molecule has 6 N–H and O–H groups in total. The van der Waals surface area contributed by atoms with Gasteiger partial charge in [0.25, 0.3) is 5.91 Å². The number of benzene rings is 1. The number of anilines is 3. The molecule has 0 aliphatic heterocycles. The molecule has 3 rings (SSSR count). The average Bonchev–Trinajstić information content (AvgIpc) is 2.89. The molecule has 2 aromatic rings. The van der Waals surface area contributed by atoms with E-state index in [9.17, 15) is 4.79 Å². The first-order valence-electron chi connectivity index (χ1n) is 12.4. The van der Waals surface area contributed by atoms with E-state index in [-0.39, 0.29) is 5.91 Å². The van der Waals surface area contributed by atoms with E-state index in [0.717, 1.165) is 12.8 Å². The van der Waals surface area contributed by atoms with Crippen LogP contribution in [-0.2, 0) is 9.47 Å². The van der Waals surface area contributed by atoms with Gasteiger partial charge in [0, 0.05) is 37.8 Å². The van der Waals surface area contributed by atoms with Crippen LogP contribution in [-0.4, -0.2) is 79.5 Å². The molecule has 1 amide bonds. The molecule has 0 spiro atoms. The average molecular weight is 487 g/mol. The summed E-state index contributed by atoms with van der Waals surface area (Å²) < 4.78 is 11.1. The summed E-state index contributed by atoms with van der Waals surface area (Å²) in [5.41, 5.74) is 6.23. The molecule has 11 heteroatoms. The summed E-state index contributed by atoms with van der Waals surface area (Å²) >= 11 is 0. The van der Waals surface area contributed by atoms with Gasteiger partial charge < -0.3 is 36.5 Å². The second-order valence-corrected chi connectivity index (χ2v) is 8.27. The number of amides is 1. The zero-order valence-electron chi connectivity index (χ0n) is 20.3. The van der Waals surface area contributed by atoms with Gasteiger partial charge in [-0.3, -0.25) is 4.79 Å². The van der Waals surface area contributed by atoms with Crippen LogP contribution in [0, 0.1) is 0 Å². The first-order valence-corrected chi connectivity index (χ1v) is 12.4. The zero-order chi connectivity index (χ0) is 24.6. The SMILES string of the molecule is NCCNc1nc(NCCOCCOCCNC(=O)c2ccccc2)nc(NC2CCCCC2)n1. The summed E-state index contributed by atoms with van der Waals surface area (Å²) in [6, 6.07) is 9.51. The van der Waals surface area contributed by atoms with Gasteiger partial charge in [-0.1, -0.05) is 37.5 Å². The van der Waals surface area contributed by atoms with Crippen LogP contribution in [0.15, 0.2) is 30.3 Å². The van der Waals surface area contributed by atoms with Crippen molar-refractivity contribution in [3.63, 3.8) is 0 Å². The molecular weight excluding hydrogens is 448 g/mol. The lowest BCUT2D eigenvalue weighted by Gasteiger charge is -2.23. The topological polar surface area (TPSA) is 148 Å². The minimum Gasteiger partial charge on any atom is -0.377 e. The minimum absolute atomic E-state index is 0.103. The summed E-state index contributed by atoms with van der Waals surface area (Å²) in [6.07, 6.45) is 6.02. The third-order valence-electron chi connectivity index (χ3n) is 5.47. The molecule has 1 aromatic heterocycles. The van der Waals surface area contributed by atoms with Crippen molar-refractivity contribution in [2.75, 3.05) is 68.6 Å². The molecule has 1 fully saturated rings. The number of carbonyl (C=O) groups is 1. The maximum atomic E-state index is 11.9. The summed E-state index contributed by atoms with van der Waals surface area (Å²) in [5, 5.41) is 12.6. The van der Waals surface area contributed by atoms with Gasteiger partial charge in [-0.15, -0.1) is 0 Å². The number of hydrogen-bond acceptors (Lipinski definition) is 10. The van der Waals surface area contributed by atoms with Crippen LogP contribution < -0.4 is 27.0 Å². The molecule has 11 nitrogen and oxygen atoms in total. The first-order chi connectivity index (χ1) is 17.2. The summed E-state index contributed by atoms with van der Waals surface area (Å²) in [4.78, 5) is 25.3. The second kappa shape index (κ2) is 15.8. The van der Waals surface area contributed by atoms with Crippen LogP contribution in [0.4, 0.5) is 17.8 Å². The van der Waals surface area contributed by atoms with E-state index in [1.54, 1.807) is 12.1 Å². The number of nitrogens with two attached hydrogens (primary N) is 1. The largest absolute Gasteiger partial charge is 0.377 e. The highest BCUT2D eigenvalue weighted by Crippen LogP contribution is 2.21. The van der Waals surface area contributed by atoms with E-state index in [1.807, 2.05) is 18.2 Å². The Balaban J connectivity index is 1.29. The van der Waals surface area contributed by atoms with Crippen LogP contribution in [0.5, 0.6) is 0 Å². The van der Waals surface area contributed by atoms with Gasteiger partial charge in [0.2, 0.25) is 17.8 Å². The highest BCUT2D eigenvalue weighted by molar-refractivity contribution is 5.94. The Morgan fingerprint density at radius 1 is 0.829 bits per heavy atom. The molecule has 0 unspecified atom stereocenters. The Kier molecular flexibility index (Phi) is 12.0. The third kappa shape index (κ3) is 10.4. The van der Waals surface area contributed by atoms with E-state index < -0.39 is 0 Å². The maximum absolute atomic E-state index is 11.9. The van der Waals surface area contributed by atoms with Crippen molar-refractivity contribution < 1.29 is 14.3 Å². The molecule has 0 bridgehead atoms. The Hall–Kier alpha value is -3.02. The van der Waals surface area contributed by atoms with Gasteiger partial charge in [0.1, 0.15) is 0 Å². The smallest absolute Gasteiger partial charge is 0.251 e. The van der Waals surface area contributed by atoms with E-state index in [1.165, 1.54) is 19.3 Å². The van der Waals surface area contributed by atoms with Crippen LogP contribution >= 0.6 is 0 Å². The number of ether oxygens (including phenoxy) is 2. The maximum Gasteiger partial charge on any atom is 0.251 e. The molecule has 1 heterocycles. The fourth-order valence-corrected chi connectivity index (χ4v) is 3.70. The van der Waals surface area contributed by atoms with Crippen molar-refractivity contribution in [1.82, 2.24) is 20.3 Å². The quantitative estimate of drug-likeness (QED) is 0.223. The highest BCUT2D eigenvalue weighted by Gasteiger charge is 2.15. The highest BCUT2D eigenvalue weighted by atomic mass is 16.5. The van der Waals surface area contributed by atoms with Crippen LogP contribution in [0.1, 0.15) is 42.5 Å². The summed E-state index contributed by atoms with van der Waals surface area (Å²) in [5.74, 6) is 1.46. The van der Waals surface area contributed by atoms with Crippen molar-refractivity contribution in [1.29, 1.82) is 0 Å². The lowest BCUT2D eigenvalue weighted by molar-refractivity contribution is 0.0519. The van der Waals surface area contributed by atoms with Crippen LogP contribution in [0.3, 0.4) is 0 Å². The van der Waals surface area contributed by atoms with Gasteiger partial charge >= 0.3 is 0 Å². The molecule has 0 saturated heterocycles.